The van der Waals surface area contributed by atoms with Gasteiger partial charge in [-0.1, -0.05) is 35.3 Å². The lowest BCUT2D eigenvalue weighted by Gasteiger charge is -2.10. The number of hydrazone groups is 1. The van der Waals surface area contributed by atoms with E-state index >= 15 is 0 Å². The third kappa shape index (κ3) is 5.98. The van der Waals surface area contributed by atoms with E-state index in [4.69, 9.17) is 27.9 Å². The Morgan fingerprint density at radius 2 is 1.89 bits per heavy atom. The van der Waals surface area contributed by atoms with Gasteiger partial charge in [-0.15, -0.1) is 0 Å². The SMILES string of the molecule is O=C(N/N=C\c1cc(Cl)ccc1OCc1cccc(Cl)c1)C(=O)NC1CC1. The first-order valence-corrected chi connectivity index (χ1v) is 9.07. The van der Waals surface area contributed by atoms with Crippen LogP contribution in [0.3, 0.4) is 0 Å². The van der Waals surface area contributed by atoms with Crippen LogP contribution in [-0.4, -0.2) is 24.1 Å². The number of carbonyl (C=O) groups is 2. The Balaban J connectivity index is 1.62. The minimum atomic E-state index is -0.818. The van der Waals surface area contributed by atoms with Crippen molar-refractivity contribution in [1.82, 2.24) is 10.7 Å². The molecule has 2 aromatic rings. The highest BCUT2D eigenvalue weighted by Gasteiger charge is 2.26. The molecule has 0 aliphatic heterocycles. The van der Waals surface area contributed by atoms with E-state index < -0.39 is 11.8 Å². The molecule has 1 fully saturated rings. The Morgan fingerprint density at radius 3 is 2.63 bits per heavy atom. The summed E-state index contributed by atoms with van der Waals surface area (Å²) >= 11 is 12.0. The van der Waals surface area contributed by atoms with E-state index in [-0.39, 0.29) is 6.04 Å². The largest absolute Gasteiger partial charge is 0.488 e. The Hall–Kier alpha value is -2.57. The zero-order valence-electron chi connectivity index (χ0n) is 14.2. The number of halogens is 2. The second-order valence-electron chi connectivity index (χ2n) is 6.05. The van der Waals surface area contributed by atoms with E-state index in [1.54, 1.807) is 24.3 Å². The van der Waals surface area contributed by atoms with E-state index in [9.17, 15) is 9.59 Å². The van der Waals surface area contributed by atoms with Crippen LogP contribution in [0.5, 0.6) is 5.75 Å². The van der Waals surface area contributed by atoms with Crippen molar-refractivity contribution in [3.05, 3.63) is 63.6 Å². The summed E-state index contributed by atoms with van der Waals surface area (Å²) in [5, 5.41) is 7.52. The van der Waals surface area contributed by atoms with Gasteiger partial charge in [0.15, 0.2) is 0 Å². The number of hydrogen-bond donors (Lipinski definition) is 2. The van der Waals surface area contributed by atoms with E-state index in [0.717, 1.165) is 18.4 Å². The summed E-state index contributed by atoms with van der Waals surface area (Å²) in [6, 6.07) is 12.5. The van der Waals surface area contributed by atoms with Crippen LogP contribution in [0.1, 0.15) is 24.0 Å². The highest BCUT2D eigenvalue weighted by Crippen LogP contribution is 2.23. The van der Waals surface area contributed by atoms with E-state index in [2.05, 4.69) is 15.8 Å². The van der Waals surface area contributed by atoms with Gasteiger partial charge in [0.2, 0.25) is 0 Å². The maximum absolute atomic E-state index is 11.7. The maximum atomic E-state index is 11.7. The van der Waals surface area contributed by atoms with Gasteiger partial charge in [-0.25, -0.2) is 5.43 Å². The molecule has 1 aliphatic rings. The molecule has 0 radical (unpaired) electrons. The fourth-order valence-corrected chi connectivity index (χ4v) is 2.62. The molecule has 2 N–H and O–H groups in total. The van der Waals surface area contributed by atoms with Crippen LogP contribution in [0.4, 0.5) is 0 Å². The van der Waals surface area contributed by atoms with Gasteiger partial charge in [0.25, 0.3) is 0 Å². The van der Waals surface area contributed by atoms with Gasteiger partial charge in [0, 0.05) is 21.7 Å². The minimum Gasteiger partial charge on any atom is -0.488 e. The highest BCUT2D eigenvalue weighted by molar-refractivity contribution is 6.35. The lowest BCUT2D eigenvalue weighted by atomic mass is 10.2. The van der Waals surface area contributed by atoms with Crippen LogP contribution >= 0.6 is 23.2 Å². The Bertz CT molecular complexity index is 882. The maximum Gasteiger partial charge on any atom is 0.329 e. The third-order valence-electron chi connectivity index (χ3n) is 3.74. The van der Waals surface area contributed by atoms with Crippen LogP contribution in [-0.2, 0) is 16.2 Å². The molecule has 3 rings (SSSR count). The quantitative estimate of drug-likeness (QED) is 0.439. The molecule has 1 saturated carbocycles. The molecule has 0 unspecified atom stereocenters. The zero-order valence-corrected chi connectivity index (χ0v) is 15.8. The second kappa shape index (κ2) is 8.88. The summed E-state index contributed by atoms with van der Waals surface area (Å²) in [5.41, 5.74) is 3.66. The molecule has 0 spiro atoms. The summed E-state index contributed by atoms with van der Waals surface area (Å²) in [5.74, 6) is -0.987. The van der Waals surface area contributed by atoms with Gasteiger partial charge in [-0.3, -0.25) is 9.59 Å². The fourth-order valence-electron chi connectivity index (χ4n) is 2.23. The number of benzene rings is 2. The van der Waals surface area contributed by atoms with Crippen molar-refractivity contribution < 1.29 is 14.3 Å². The molecule has 6 nitrogen and oxygen atoms in total. The molecule has 0 aromatic heterocycles. The molecule has 140 valence electrons. The molecule has 2 aromatic carbocycles. The Labute approximate surface area is 166 Å². The summed E-state index contributed by atoms with van der Waals surface area (Å²) in [6.45, 7) is 0.305. The predicted molar refractivity (Wildman–Crippen MR) is 104 cm³/mol. The molecule has 0 heterocycles. The van der Waals surface area contributed by atoms with Gasteiger partial charge in [0.1, 0.15) is 12.4 Å². The van der Waals surface area contributed by atoms with Crippen molar-refractivity contribution in [3.8, 4) is 5.75 Å². The third-order valence-corrected chi connectivity index (χ3v) is 4.21. The molecular weight excluding hydrogens is 389 g/mol. The van der Waals surface area contributed by atoms with Crippen LogP contribution in [0.2, 0.25) is 10.0 Å². The number of nitrogens with zero attached hydrogens (tertiary/aromatic N) is 1. The van der Waals surface area contributed by atoms with E-state index in [1.165, 1.54) is 6.21 Å². The molecule has 1 aliphatic carbocycles. The van der Waals surface area contributed by atoms with Gasteiger partial charge in [-0.2, -0.15) is 5.10 Å². The van der Waals surface area contributed by atoms with Crippen molar-refractivity contribution in [1.29, 1.82) is 0 Å². The lowest BCUT2D eigenvalue weighted by molar-refractivity contribution is -0.139. The van der Waals surface area contributed by atoms with Crippen molar-refractivity contribution in [2.75, 3.05) is 0 Å². The van der Waals surface area contributed by atoms with Gasteiger partial charge in [0.05, 0.1) is 6.21 Å². The molecule has 0 bridgehead atoms. The first-order chi connectivity index (χ1) is 13.0. The first kappa shape index (κ1) is 19.2. The van der Waals surface area contributed by atoms with Gasteiger partial charge in [-0.05, 0) is 48.7 Å². The second-order valence-corrected chi connectivity index (χ2v) is 6.92. The molecule has 2 amide bonds. The Morgan fingerprint density at radius 1 is 1.11 bits per heavy atom. The van der Waals surface area contributed by atoms with Crippen molar-refractivity contribution >= 4 is 41.2 Å². The van der Waals surface area contributed by atoms with Crippen LogP contribution in [0.25, 0.3) is 0 Å². The van der Waals surface area contributed by atoms with Gasteiger partial charge < -0.3 is 10.1 Å². The molecule has 0 saturated heterocycles. The molecule has 27 heavy (non-hydrogen) atoms. The Kier molecular flexibility index (Phi) is 6.32. The normalized spacial score (nSPS) is 13.4. The van der Waals surface area contributed by atoms with Crippen LogP contribution in [0, 0.1) is 0 Å². The first-order valence-electron chi connectivity index (χ1n) is 8.32. The molecule has 0 atom stereocenters. The monoisotopic (exact) mass is 405 g/mol. The number of nitrogens with one attached hydrogen (secondary N) is 2. The molecular formula is C19H17Cl2N3O3. The van der Waals surface area contributed by atoms with E-state index in [1.807, 2.05) is 18.2 Å². The van der Waals surface area contributed by atoms with Crippen LogP contribution < -0.4 is 15.5 Å². The lowest BCUT2D eigenvalue weighted by Crippen LogP contribution is -2.38. The van der Waals surface area contributed by atoms with Crippen molar-refractivity contribution in [2.24, 2.45) is 5.10 Å². The number of hydrogen-bond acceptors (Lipinski definition) is 4. The van der Waals surface area contributed by atoms with Crippen LogP contribution in [0.15, 0.2) is 47.6 Å². The summed E-state index contributed by atoms with van der Waals surface area (Å²) in [7, 11) is 0. The average Bonchev–Trinajstić information content (AvgIpc) is 3.45. The highest BCUT2D eigenvalue weighted by atomic mass is 35.5. The van der Waals surface area contributed by atoms with Crippen molar-refractivity contribution in [2.45, 2.75) is 25.5 Å². The summed E-state index contributed by atoms with van der Waals surface area (Å²) < 4.78 is 5.80. The average molecular weight is 406 g/mol. The van der Waals surface area contributed by atoms with Crippen molar-refractivity contribution in [3.63, 3.8) is 0 Å². The predicted octanol–water partition coefficient (Wildman–Crippen LogP) is 3.30. The minimum absolute atomic E-state index is 0.103. The molecule has 8 heteroatoms. The standard InChI is InChI=1S/C19H17Cl2N3O3/c20-14-3-1-2-12(8-14)11-27-17-7-4-15(21)9-13(17)10-22-24-19(26)18(25)23-16-5-6-16/h1-4,7-10,16H,5-6,11H2,(H,23,25)(H,24,26)/b22-10-. The van der Waals surface area contributed by atoms with Gasteiger partial charge >= 0.3 is 11.8 Å². The summed E-state index contributed by atoms with van der Waals surface area (Å²) in [4.78, 5) is 23.3. The zero-order chi connectivity index (χ0) is 19.2. The summed E-state index contributed by atoms with van der Waals surface area (Å²) in [6.07, 6.45) is 3.18. The number of amides is 2. The smallest absolute Gasteiger partial charge is 0.329 e. The number of carbonyl (C=O) groups excluding carboxylic acids is 2. The van der Waals surface area contributed by atoms with E-state index in [0.29, 0.717) is 28.0 Å². The number of rotatable bonds is 6. The topological polar surface area (TPSA) is 79.8 Å². The fraction of sp³-hybridized carbons (Fsp3) is 0.211. The number of ether oxygens (including phenoxy) is 1.